The highest BCUT2D eigenvalue weighted by molar-refractivity contribution is 7.88. The van der Waals surface area contributed by atoms with E-state index in [0.29, 0.717) is 10.6 Å². The summed E-state index contributed by atoms with van der Waals surface area (Å²) in [7, 11) is -3.42. The van der Waals surface area contributed by atoms with Crippen LogP contribution in [0.3, 0.4) is 0 Å². The van der Waals surface area contributed by atoms with E-state index in [9.17, 15) is 13.2 Å². The molecule has 7 heteroatoms. The molecule has 2 aromatic carbocycles. The van der Waals surface area contributed by atoms with Crippen LogP contribution in [0.2, 0.25) is 5.02 Å². The predicted octanol–water partition coefficient (Wildman–Crippen LogP) is 2.53. The van der Waals surface area contributed by atoms with Crippen LogP contribution in [0.5, 0.6) is 0 Å². The molecule has 24 heavy (non-hydrogen) atoms. The fraction of sp³-hybridized carbons (Fsp3) is 0.235. The number of carbonyl (C=O) groups is 1. The second-order valence-electron chi connectivity index (χ2n) is 5.31. The molecule has 1 amide bonds. The van der Waals surface area contributed by atoms with Gasteiger partial charge in [-0.2, -0.15) is 4.31 Å². The molecule has 0 aliphatic rings. The van der Waals surface area contributed by atoms with Gasteiger partial charge in [0.25, 0.3) is 5.91 Å². The number of nitrogens with zero attached hydrogens (tertiary/aromatic N) is 1. The van der Waals surface area contributed by atoms with Gasteiger partial charge >= 0.3 is 0 Å². The Balaban J connectivity index is 1.98. The molecule has 5 nitrogen and oxygen atoms in total. The lowest BCUT2D eigenvalue weighted by Crippen LogP contribution is -2.37. The Hall–Kier alpha value is -1.89. The highest BCUT2D eigenvalue weighted by Crippen LogP contribution is 2.18. The van der Waals surface area contributed by atoms with Crippen molar-refractivity contribution in [2.24, 2.45) is 0 Å². The quantitative estimate of drug-likeness (QED) is 0.818. The monoisotopic (exact) mass is 366 g/mol. The molecule has 0 atom stereocenters. The molecule has 0 fully saturated rings. The first-order chi connectivity index (χ1) is 11.4. The summed E-state index contributed by atoms with van der Waals surface area (Å²) in [4.78, 5) is 12.0. The van der Waals surface area contributed by atoms with Crippen molar-refractivity contribution in [1.82, 2.24) is 9.62 Å². The maximum absolute atomic E-state index is 12.0. The van der Waals surface area contributed by atoms with E-state index in [1.807, 2.05) is 6.07 Å². The molecule has 0 saturated carbocycles. The third-order valence-corrected chi connectivity index (χ3v) is 5.07. The summed E-state index contributed by atoms with van der Waals surface area (Å²) < 4.78 is 25.2. The van der Waals surface area contributed by atoms with Gasteiger partial charge in [0.05, 0.1) is 6.26 Å². The Morgan fingerprint density at radius 2 is 1.71 bits per heavy atom. The van der Waals surface area contributed by atoms with Crippen LogP contribution < -0.4 is 5.32 Å². The number of nitrogens with one attached hydrogen (secondary N) is 1. The number of sulfonamides is 1. The van der Waals surface area contributed by atoms with Crippen molar-refractivity contribution in [1.29, 1.82) is 0 Å². The minimum atomic E-state index is -3.42. The Kier molecular flexibility index (Phi) is 6.36. The zero-order valence-electron chi connectivity index (χ0n) is 13.3. The summed E-state index contributed by atoms with van der Waals surface area (Å²) in [6, 6.07) is 15.9. The van der Waals surface area contributed by atoms with Crippen molar-refractivity contribution in [2.75, 3.05) is 19.3 Å². The number of halogens is 1. The lowest BCUT2D eigenvalue weighted by atomic mass is 10.2. The summed E-state index contributed by atoms with van der Waals surface area (Å²) in [6.45, 7) is 0.549. The number of carbonyl (C=O) groups excluding carboxylic acids is 1. The maximum atomic E-state index is 12.0. The molecule has 0 bridgehead atoms. The Bertz CT molecular complexity index is 794. The lowest BCUT2D eigenvalue weighted by molar-refractivity contribution is 0.0951. The minimum Gasteiger partial charge on any atom is -0.351 e. The second-order valence-corrected chi connectivity index (χ2v) is 7.70. The van der Waals surface area contributed by atoms with Crippen LogP contribution >= 0.6 is 11.6 Å². The zero-order chi connectivity index (χ0) is 17.6. The van der Waals surface area contributed by atoms with Crippen LogP contribution in [0.1, 0.15) is 15.9 Å². The van der Waals surface area contributed by atoms with Gasteiger partial charge in [-0.25, -0.2) is 8.42 Å². The molecule has 0 spiro atoms. The van der Waals surface area contributed by atoms with Gasteiger partial charge in [0.15, 0.2) is 0 Å². The standard InChI is InChI=1S/C17H19ClN2O3S/c1-24(22,23)20(13-15-9-5-6-10-16(15)18)12-11-19-17(21)14-7-3-2-4-8-14/h2-10H,11-13H2,1H3,(H,19,21). The highest BCUT2D eigenvalue weighted by atomic mass is 35.5. The fourth-order valence-electron chi connectivity index (χ4n) is 2.16. The molecular weight excluding hydrogens is 348 g/mol. The van der Waals surface area contributed by atoms with Crippen molar-refractivity contribution >= 4 is 27.5 Å². The van der Waals surface area contributed by atoms with Crippen LogP contribution in [0.4, 0.5) is 0 Å². The van der Waals surface area contributed by atoms with Crippen molar-refractivity contribution < 1.29 is 13.2 Å². The second kappa shape index (κ2) is 8.28. The van der Waals surface area contributed by atoms with Crippen molar-refractivity contribution in [3.63, 3.8) is 0 Å². The van der Waals surface area contributed by atoms with Crippen molar-refractivity contribution in [2.45, 2.75) is 6.54 Å². The van der Waals surface area contributed by atoms with E-state index in [-0.39, 0.29) is 25.5 Å². The van der Waals surface area contributed by atoms with Gasteiger partial charge in [-0.3, -0.25) is 4.79 Å². The summed E-state index contributed by atoms with van der Waals surface area (Å²) in [5, 5.41) is 3.24. The number of rotatable bonds is 7. The third kappa shape index (κ3) is 5.33. The van der Waals surface area contributed by atoms with Gasteiger partial charge in [0.2, 0.25) is 10.0 Å². The molecule has 0 aromatic heterocycles. The number of hydrogen-bond acceptors (Lipinski definition) is 3. The average Bonchev–Trinajstić information content (AvgIpc) is 2.55. The number of hydrogen-bond donors (Lipinski definition) is 1. The summed E-state index contributed by atoms with van der Waals surface area (Å²) in [6.07, 6.45) is 1.14. The lowest BCUT2D eigenvalue weighted by Gasteiger charge is -2.20. The van der Waals surface area contributed by atoms with Crippen LogP contribution in [0.15, 0.2) is 54.6 Å². The van der Waals surface area contributed by atoms with Crippen LogP contribution in [0.25, 0.3) is 0 Å². The molecule has 128 valence electrons. The molecule has 1 N–H and O–H groups in total. The van der Waals surface area contributed by atoms with Gasteiger partial charge in [0.1, 0.15) is 0 Å². The maximum Gasteiger partial charge on any atom is 0.251 e. The van der Waals surface area contributed by atoms with Crippen LogP contribution in [-0.2, 0) is 16.6 Å². The first-order valence-corrected chi connectivity index (χ1v) is 9.62. The normalized spacial score (nSPS) is 11.5. The van der Waals surface area contributed by atoms with E-state index >= 15 is 0 Å². The zero-order valence-corrected chi connectivity index (χ0v) is 14.8. The third-order valence-electron chi connectivity index (χ3n) is 3.46. The molecule has 0 aliphatic heterocycles. The fourth-order valence-corrected chi connectivity index (χ4v) is 3.16. The molecule has 0 saturated heterocycles. The van der Waals surface area contributed by atoms with Crippen molar-refractivity contribution in [3.8, 4) is 0 Å². The minimum absolute atomic E-state index is 0.166. The Morgan fingerprint density at radius 1 is 1.08 bits per heavy atom. The van der Waals surface area contributed by atoms with E-state index < -0.39 is 10.0 Å². The van der Waals surface area contributed by atoms with Gasteiger partial charge < -0.3 is 5.32 Å². The first kappa shape index (κ1) is 18.4. The largest absolute Gasteiger partial charge is 0.351 e. The average molecular weight is 367 g/mol. The highest BCUT2D eigenvalue weighted by Gasteiger charge is 2.18. The molecule has 2 aromatic rings. The summed E-state index contributed by atoms with van der Waals surface area (Å²) in [5.74, 6) is -0.234. The Labute approximate surface area is 147 Å². The molecule has 0 aliphatic carbocycles. The van der Waals surface area contributed by atoms with E-state index in [1.54, 1.807) is 48.5 Å². The van der Waals surface area contributed by atoms with E-state index in [0.717, 1.165) is 11.8 Å². The van der Waals surface area contributed by atoms with Gasteiger partial charge in [-0.15, -0.1) is 0 Å². The van der Waals surface area contributed by atoms with Gasteiger partial charge in [-0.1, -0.05) is 48.0 Å². The molecule has 0 radical (unpaired) electrons. The van der Waals surface area contributed by atoms with Crippen LogP contribution in [0, 0.1) is 0 Å². The summed E-state index contributed by atoms with van der Waals surface area (Å²) in [5.41, 5.74) is 1.26. The predicted molar refractivity (Wildman–Crippen MR) is 95.5 cm³/mol. The van der Waals surface area contributed by atoms with Gasteiger partial charge in [0, 0.05) is 30.2 Å². The topological polar surface area (TPSA) is 66.5 Å². The smallest absolute Gasteiger partial charge is 0.251 e. The molecule has 0 unspecified atom stereocenters. The van der Waals surface area contributed by atoms with E-state index in [4.69, 9.17) is 11.6 Å². The van der Waals surface area contributed by atoms with E-state index in [1.165, 1.54) is 4.31 Å². The molecule has 2 rings (SSSR count). The molecular formula is C17H19ClN2O3S. The van der Waals surface area contributed by atoms with Crippen molar-refractivity contribution in [3.05, 3.63) is 70.7 Å². The van der Waals surface area contributed by atoms with Gasteiger partial charge in [-0.05, 0) is 23.8 Å². The SMILES string of the molecule is CS(=O)(=O)N(CCNC(=O)c1ccccc1)Cc1ccccc1Cl. The Morgan fingerprint density at radius 3 is 2.33 bits per heavy atom. The number of benzene rings is 2. The summed E-state index contributed by atoms with van der Waals surface area (Å²) >= 11 is 6.09. The van der Waals surface area contributed by atoms with E-state index in [2.05, 4.69) is 5.32 Å². The van der Waals surface area contributed by atoms with Crippen LogP contribution in [-0.4, -0.2) is 38.0 Å². The molecule has 0 heterocycles. The first-order valence-electron chi connectivity index (χ1n) is 7.39. The number of amides is 1.